The molecule has 0 saturated carbocycles. The smallest absolute Gasteiger partial charge is 0.253 e. The van der Waals surface area contributed by atoms with Gasteiger partial charge in [-0.1, -0.05) is 94.4 Å². The Hall–Kier alpha value is -4.58. The van der Waals surface area contributed by atoms with Crippen LogP contribution in [0.3, 0.4) is 0 Å². The lowest BCUT2D eigenvalue weighted by Crippen LogP contribution is -2.61. The Morgan fingerprint density at radius 2 is 1.32 bits per heavy atom. The van der Waals surface area contributed by atoms with Crippen LogP contribution in [0.4, 0.5) is 33.4 Å². The molecule has 5 aromatic carbocycles. The molecule has 0 fully saturated rings. The van der Waals surface area contributed by atoms with Gasteiger partial charge in [-0.3, -0.25) is 0 Å². The highest BCUT2D eigenvalue weighted by atomic mass is 32.1. The van der Waals surface area contributed by atoms with E-state index in [-0.39, 0.29) is 17.5 Å². The van der Waals surface area contributed by atoms with E-state index in [0.717, 1.165) is 12.8 Å². The quantitative estimate of drug-likeness (QED) is 0.168. The molecule has 0 radical (unpaired) electrons. The number of aryl methyl sites for hydroxylation is 1. The lowest BCUT2D eigenvalue weighted by molar-refractivity contribution is 0.394. The molecule has 242 valence electrons. The van der Waals surface area contributed by atoms with Crippen LogP contribution in [0.15, 0.2) is 109 Å². The topological polar surface area (TPSA) is 6.48 Å². The molecule has 0 spiro atoms. The minimum atomic E-state index is -0.0174. The van der Waals surface area contributed by atoms with Gasteiger partial charge in [-0.05, 0) is 106 Å². The van der Waals surface area contributed by atoms with Crippen LogP contribution >= 0.6 is 22.7 Å². The Bertz CT molecular complexity index is 2580. The van der Waals surface area contributed by atoms with E-state index in [2.05, 4.69) is 165 Å². The lowest BCUT2D eigenvalue weighted by Gasteiger charge is -2.43. The molecule has 0 bridgehead atoms. The van der Waals surface area contributed by atoms with Gasteiger partial charge in [-0.15, -0.1) is 22.7 Å². The molecule has 5 heteroatoms. The molecule has 0 N–H and O–H groups in total. The minimum Gasteiger partial charge on any atom is -0.311 e. The first kappa shape index (κ1) is 29.2. The largest absolute Gasteiger partial charge is 0.311 e. The monoisotopic (exact) mass is 680 g/mol. The standard InChI is InChI=1S/C45H37BN2S2/c1-26-20-35-41-36(21-26)48(28-16-10-7-11-17-28)43-40(31-24-44(2,3)25-38(31)50-43)46(41)33-22-30-37(23-34(33)47(35)27-14-8-6-9-15-27)49-42-39(30)29-18-12-13-19-32(29)45(42,4)5/h6-23H,24-25H2,1-5H3. The van der Waals surface area contributed by atoms with Gasteiger partial charge in [0.1, 0.15) is 0 Å². The van der Waals surface area contributed by atoms with Crippen molar-refractivity contribution in [1.29, 1.82) is 0 Å². The summed E-state index contributed by atoms with van der Waals surface area (Å²) in [6, 6.07) is 41.3. The Kier molecular flexibility index (Phi) is 5.72. The molecule has 2 aliphatic carbocycles. The highest BCUT2D eigenvalue weighted by Gasteiger charge is 2.49. The predicted octanol–water partition coefficient (Wildman–Crippen LogP) is 10.8. The molecule has 0 amide bonds. The maximum absolute atomic E-state index is 2.62. The fourth-order valence-corrected chi connectivity index (χ4v) is 12.7. The van der Waals surface area contributed by atoms with Gasteiger partial charge in [0.15, 0.2) is 0 Å². The van der Waals surface area contributed by atoms with Gasteiger partial charge in [0, 0.05) is 59.3 Å². The van der Waals surface area contributed by atoms with Crippen molar-refractivity contribution < 1.29 is 0 Å². The molecule has 2 aromatic heterocycles. The Labute approximate surface area is 302 Å². The van der Waals surface area contributed by atoms with Crippen LogP contribution in [0.2, 0.25) is 0 Å². The van der Waals surface area contributed by atoms with Crippen molar-refractivity contribution in [2.45, 2.75) is 52.9 Å². The van der Waals surface area contributed by atoms with Crippen molar-refractivity contribution in [2.75, 3.05) is 9.80 Å². The second-order valence-electron chi connectivity index (χ2n) is 16.1. The van der Waals surface area contributed by atoms with Crippen LogP contribution in [0, 0.1) is 12.3 Å². The van der Waals surface area contributed by atoms with Crippen molar-refractivity contribution in [3.05, 3.63) is 136 Å². The number of hydrogen-bond acceptors (Lipinski definition) is 4. The number of fused-ring (bicyclic) bond motifs is 11. The zero-order valence-corrected chi connectivity index (χ0v) is 30.7. The van der Waals surface area contributed by atoms with Gasteiger partial charge < -0.3 is 9.80 Å². The van der Waals surface area contributed by atoms with E-state index in [1.807, 2.05) is 11.3 Å². The summed E-state index contributed by atoms with van der Waals surface area (Å²) in [6.07, 6.45) is 2.27. The molecule has 11 rings (SSSR count). The Morgan fingerprint density at radius 3 is 2.06 bits per heavy atom. The van der Waals surface area contributed by atoms with E-state index in [1.165, 1.54) is 87.0 Å². The summed E-state index contributed by atoms with van der Waals surface area (Å²) in [5, 5.41) is 2.82. The zero-order valence-electron chi connectivity index (χ0n) is 29.1. The molecule has 0 atom stereocenters. The van der Waals surface area contributed by atoms with E-state index < -0.39 is 0 Å². The van der Waals surface area contributed by atoms with Gasteiger partial charge in [-0.25, -0.2) is 0 Å². The van der Waals surface area contributed by atoms with Crippen molar-refractivity contribution in [3.8, 4) is 11.1 Å². The van der Waals surface area contributed by atoms with Crippen molar-refractivity contribution in [2.24, 2.45) is 5.41 Å². The summed E-state index contributed by atoms with van der Waals surface area (Å²) in [7, 11) is 0. The number of para-hydroxylation sites is 2. The second-order valence-corrected chi connectivity index (χ2v) is 18.3. The number of benzene rings is 5. The van der Waals surface area contributed by atoms with Gasteiger partial charge >= 0.3 is 0 Å². The van der Waals surface area contributed by atoms with Crippen molar-refractivity contribution in [3.63, 3.8) is 0 Å². The average Bonchev–Trinajstić information content (AvgIpc) is 3.80. The van der Waals surface area contributed by atoms with E-state index in [0.29, 0.717) is 0 Å². The highest BCUT2D eigenvalue weighted by molar-refractivity contribution is 7.21. The van der Waals surface area contributed by atoms with Gasteiger partial charge in [0.2, 0.25) is 0 Å². The fourth-order valence-electron chi connectivity index (χ4n) is 9.75. The molecule has 4 aliphatic rings. The molecule has 50 heavy (non-hydrogen) atoms. The second kappa shape index (κ2) is 9.81. The van der Waals surface area contributed by atoms with E-state index in [9.17, 15) is 0 Å². The van der Waals surface area contributed by atoms with Gasteiger partial charge in [0.25, 0.3) is 6.71 Å². The third-order valence-corrected chi connectivity index (χ3v) is 14.5. The van der Waals surface area contributed by atoms with Crippen molar-refractivity contribution >= 4 is 89.3 Å². The van der Waals surface area contributed by atoms with E-state index in [1.54, 1.807) is 10.4 Å². The molecule has 0 unspecified atom stereocenters. The van der Waals surface area contributed by atoms with E-state index >= 15 is 0 Å². The van der Waals surface area contributed by atoms with Crippen molar-refractivity contribution in [1.82, 2.24) is 0 Å². The average molecular weight is 681 g/mol. The van der Waals surface area contributed by atoms with Crippen LogP contribution in [0.5, 0.6) is 0 Å². The van der Waals surface area contributed by atoms with Crippen LogP contribution in [0.1, 0.15) is 54.1 Å². The van der Waals surface area contributed by atoms with Gasteiger partial charge in [0.05, 0.1) is 5.00 Å². The van der Waals surface area contributed by atoms with Crippen LogP contribution < -0.4 is 26.2 Å². The summed E-state index contributed by atoms with van der Waals surface area (Å²) in [4.78, 5) is 8.24. The highest BCUT2D eigenvalue weighted by Crippen LogP contribution is 2.57. The zero-order chi connectivity index (χ0) is 33.7. The third kappa shape index (κ3) is 3.75. The molecule has 2 nitrogen and oxygen atoms in total. The summed E-state index contributed by atoms with van der Waals surface area (Å²) >= 11 is 4.05. The van der Waals surface area contributed by atoms with Crippen LogP contribution in [0.25, 0.3) is 21.2 Å². The summed E-state index contributed by atoms with van der Waals surface area (Å²) in [5.41, 5.74) is 18.2. The summed E-state index contributed by atoms with van der Waals surface area (Å²) in [5.74, 6) is 0. The number of rotatable bonds is 2. The van der Waals surface area contributed by atoms with Crippen LogP contribution in [-0.4, -0.2) is 6.71 Å². The molecular weight excluding hydrogens is 643 g/mol. The Balaban J connectivity index is 1.28. The normalized spacial score (nSPS) is 16.9. The fraction of sp³-hybridized carbons (Fsp3) is 0.200. The SMILES string of the molecule is Cc1cc2c3c(c1)N(c1ccccc1)c1sc4c(c1B3c1cc3c5c(sc3cc1N2c1ccccc1)C(C)(C)c1ccccc1-5)CC(C)(C)C4. The number of thiophene rings is 2. The molecule has 2 aliphatic heterocycles. The number of anilines is 6. The molecule has 0 saturated heterocycles. The summed E-state index contributed by atoms with van der Waals surface area (Å²) in [6.45, 7) is 12.2. The Morgan fingerprint density at radius 1 is 0.660 bits per heavy atom. The first-order valence-corrected chi connectivity index (χ1v) is 19.5. The summed E-state index contributed by atoms with van der Waals surface area (Å²) < 4.78 is 1.38. The predicted molar refractivity (Wildman–Crippen MR) is 217 cm³/mol. The maximum Gasteiger partial charge on any atom is 0.253 e. The third-order valence-electron chi connectivity index (χ3n) is 11.8. The lowest BCUT2D eigenvalue weighted by atomic mass is 9.33. The number of hydrogen-bond donors (Lipinski definition) is 0. The first-order valence-electron chi connectivity index (χ1n) is 17.9. The van der Waals surface area contributed by atoms with E-state index in [4.69, 9.17) is 0 Å². The van der Waals surface area contributed by atoms with Crippen LogP contribution in [-0.2, 0) is 18.3 Å². The molecule has 4 heterocycles. The molecular formula is C45H37BN2S2. The number of nitrogens with zero attached hydrogens (tertiary/aromatic N) is 2. The van der Waals surface area contributed by atoms with Gasteiger partial charge in [-0.2, -0.15) is 0 Å². The first-order chi connectivity index (χ1) is 24.2. The minimum absolute atomic E-state index is 0.0174. The maximum atomic E-state index is 2.62. The molecule has 7 aromatic rings.